The first kappa shape index (κ1) is 20.2. The predicted octanol–water partition coefficient (Wildman–Crippen LogP) is 3.60. The van der Waals surface area contributed by atoms with Crippen LogP contribution in [0.2, 0.25) is 0 Å². The fraction of sp³-hybridized carbons (Fsp3) is 0.609. The Hall–Kier alpha value is -1.70. The Kier molecular flexibility index (Phi) is 3.88. The van der Waals surface area contributed by atoms with E-state index in [2.05, 4.69) is 13.8 Å². The van der Waals surface area contributed by atoms with Crippen LogP contribution < -0.4 is 0 Å². The van der Waals surface area contributed by atoms with E-state index in [0.29, 0.717) is 6.61 Å². The highest BCUT2D eigenvalue weighted by Gasteiger charge is 2.86. The topological polar surface area (TPSA) is 78.9 Å². The van der Waals surface area contributed by atoms with Gasteiger partial charge in [-0.2, -0.15) is 8.42 Å². The summed E-state index contributed by atoms with van der Waals surface area (Å²) in [5.74, 6) is -1.24. The van der Waals surface area contributed by atoms with Gasteiger partial charge in [0.05, 0.1) is 17.4 Å². The summed E-state index contributed by atoms with van der Waals surface area (Å²) in [6, 6.07) is 6.55. The van der Waals surface area contributed by atoms with E-state index in [1.165, 1.54) is 19.2 Å². The number of allylic oxidation sites excluding steroid dienone is 1. The third-order valence-corrected chi connectivity index (χ3v) is 10.0. The SMILES string of the molecule is CO[C@]12OC[C@@]3(C)[C@@H]4CC[C@H](C)[C@@]4(C=C(OS(=O)(=O)c4ccc(C)cc4)[C@@]13C)C2=O. The molecule has 4 bridgehead atoms. The fourth-order valence-corrected chi connectivity index (χ4v) is 7.87. The summed E-state index contributed by atoms with van der Waals surface area (Å²) in [6.45, 7) is 8.23. The number of rotatable bonds is 4. The number of hydrogen-bond donors (Lipinski definition) is 0. The number of ketones is 1. The zero-order chi connectivity index (χ0) is 21.7. The molecule has 2 saturated carbocycles. The second-order valence-corrected chi connectivity index (χ2v) is 11.4. The van der Waals surface area contributed by atoms with Gasteiger partial charge in [-0.25, -0.2) is 0 Å². The highest BCUT2D eigenvalue weighted by molar-refractivity contribution is 7.86. The number of ether oxygens (including phenoxy) is 2. The predicted molar refractivity (Wildman–Crippen MR) is 109 cm³/mol. The van der Waals surface area contributed by atoms with Gasteiger partial charge < -0.3 is 13.7 Å². The van der Waals surface area contributed by atoms with Crippen molar-refractivity contribution in [2.45, 2.75) is 51.2 Å². The van der Waals surface area contributed by atoms with Crippen LogP contribution in [-0.4, -0.2) is 33.7 Å². The van der Waals surface area contributed by atoms with Crippen molar-refractivity contribution < 1.29 is 26.9 Å². The molecular formula is C23H28O6S. The van der Waals surface area contributed by atoms with Gasteiger partial charge in [-0.05, 0) is 56.7 Å². The minimum atomic E-state index is -4.08. The van der Waals surface area contributed by atoms with E-state index in [9.17, 15) is 13.2 Å². The largest absolute Gasteiger partial charge is 0.383 e. The van der Waals surface area contributed by atoms with Crippen LogP contribution in [0.25, 0.3) is 0 Å². The van der Waals surface area contributed by atoms with Gasteiger partial charge in [-0.3, -0.25) is 4.79 Å². The molecule has 1 aromatic carbocycles. The molecule has 6 rings (SSSR count). The summed E-state index contributed by atoms with van der Waals surface area (Å²) in [5.41, 5.74) is -1.40. The molecule has 0 aromatic heterocycles. The van der Waals surface area contributed by atoms with Gasteiger partial charge in [0.25, 0.3) is 0 Å². The lowest BCUT2D eigenvalue weighted by Crippen LogP contribution is -2.72. The number of benzene rings is 1. The van der Waals surface area contributed by atoms with E-state index in [1.54, 1.807) is 18.2 Å². The Morgan fingerprint density at radius 2 is 1.80 bits per heavy atom. The van der Waals surface area contributed by atoms with Crippen LogP contribution in [0.5, 0.6) is 0 Å². The van der Waals surface area contributed by atoms with E-state index < -0.39 is 32.2 Å². The third kappa shape index (κ3) is 1.93. The molecule has 7 heteroatoms. The maximum Gasteiger partial charge on any atom is 0.338 e. The molecule has 1 aromatic rings. The molecule has 0 N–H and O–H groups in total. The number of Topliss-reactive ketones (excluding diaryl/α,β-unsaturated/α-hetero) is 1. The summed E-state index contributed by atoms with van der Waals surface area (Å²) in [4.78, 5) is 14.0. The van der Waals surface area contributed by atoms with Crippen LogP contribution >= 0.6 is 0 Å². The van der Waals surface area contributed by atoms with E-state index >= 15 is 0 Å². The Morgan fingerprint density at radius 1 is 1.13 bits per heavy atom. The zero-order valence-corrected chi connectivity index (χ0v) is 18.8. The molecule has 1 spiro atoms. The molecule has 162 valence electrons. The first-order chi connectivity index (χ1) is 14.0. The third-order valence-electron chi connectivity index (χ3n) is 8.78. The van der Waals surface area contributed by atoms with E-state index in [0.717, 1.165) is 18.4 Å². The van der Waals surface area contributed by atoms with Gasteiger partial charge in [0.2, 0.25) is 11.6 Å². The molecular weight excluding hydrogens is 404 g/mol. The van der Waals surface area contributed by atoms with Gasteiger partial charge in [0, 0.05) is 12.5 Å². The number of carbonyl (C=O) groups excluding carboxylic acids is 1. The van der Waals surface area contributed by atoms with Crippen molar-refractivity contribution in [1.29, 1.82) is 0 Å². The molecule has 0 unspecified atom stereocenters. The minimum Gasteiger partial charge on any atom is -0.383 e. The first-order valence-corrected chi connectivity index (χ1v) is 11.9. The molecule has 6 nitrogen and oxygen atoms in total. The summed E-state index contributed by atoms with van der Waals surface area (Å²) < 4.78 is 44.1. The molecule has 4 aliphatic carbocycles. The fourth-order valence-electron chi connectivity index (χ4n) is 6.86. The van der Waals surface area contributed by atoms with Gasteiger partial charge >= 0.3 is 10.1 Å². The Bertz CT molecular complexity index is 1080. The van der Waals surface area contributed by atoms with Crippen LogP contribution in [0.4, 0.5) is 0 Å². The van der Waals surface area contributed by atoms with Crippen LogP contribution in [0.1, 0.15) is 39.2 Å². The molecule has 0 amide bonds. The standard InChI is InChI=1S/C23H28O6S/c1-14-6-9-16(10-7-14)30(25,26)29-18-12-22-15(2)8-11-17(22)20(3)13-28-23(27-5,19(22)24)21(18,20)4/h6-7,9-10,12,15,17H,8,11,13H2,1-5H3/t15-,17-,20-,21+,22+,23+/m0/s1. The lowest BCUT2D eigenvalue weighted by Gasteiger charge is -2.63. The summed E-state index contributed by atoms with van der Waals surface area (Å²) in [7, 11) is -2.61. The molecule has 5 aliphatic rings. The summed E-state index contributed by atoms with van der Waals surface area (Å²) in [6.07, 6.45) is 3.60. The quantitative estimate of drug-likeness (QED) is 0.677. The van der Waals surface area contributed by atoms with Gasteiger partial charge in [-0.15, -0.1) is 0 Å². The van der Waals surface area contributed by atoms with Crippen molar-refractivity contribution >= 4 is 15.9 Å². The highest BCUT2D eigenvalue weighted by Crippen LogP contribution is 2.78. The Morgan fingerprint density at radius 3 is 2.43 bits per heavy atom. The van der Waals surface area contributed by atoms with Crippen LogP contribution in [0.3, 0.4) is 0 Å². The van der Waals surface area contributed by atoms with Crippen molar-refractivity contribution in [3.05, 3.63) is 41.7 Å². The second kappa shape index (κ2) is 5.75. The molecule has 0 radical (unpaired) electrons. The normalized spacial score (nSPS) is 44.2. The molecule has 1 aliphatic heterocycles. The molecule has 3 fully saturated rings. The van der Waals surface area contributed by atoms with E-state index in [4.69, 9.17) is 13.7 Å². The van der Waals surface area contributed by atoms with E-state index in [-0.39, 0.29) is 28.3 Å². The average Bonchev–Trinajstić information content (AvgIpc) is 3.13. The molecule has 1 heterocycles. The highest BCUT2D eigenvalue weighted by atomic mass is 32.2. The smallest absolute Gasteiger partial charge is 0.338 e. The summed E-state index contributed by atoms with van der Waals surface area (Å²) in [5, 5.41) is 0. The molecule has 6 atom stereocenters. The van der Waals surface area contributed by atoms with Crippen LogP contribution in [0.15, 0.2) is 41.0 Å². The lowest BCUT2D eigenvalue weighted by molar-refractivity contribution is -0.258. The van der Waals surface area contributed by atoms with Gasteiger partial charge in [0.1, 0.15) is 10.7 Å². The van der Waals surface area contributed by atoms with Crippen molar-refractivity contribution in [1.82, 2.24) is 0 Å². The van der Waals surface area contributed by atoms with Gasteiger partial charge in [-0.1, -0.05) is 31.5 Å². The number of methoxy groups -OCH3 is 1. The van der Waals surface area contributed by atoms with Crippen molar-refractivity contribution in [2.24, 2.45) is 28.1 Å². The average molecular weight is 433 g/mol. The van der Waals surface area contributed by atoms with Crippen molar-refractivity contribution in [3.63, 3.8) is 0 Å². The Labute approximate surface area is 177 Å². The second-order valence-electron chi connectivity index (χ2n) is 9.80. The minimum absolute atomic E-state index is 0.0519. The summed E-state index contributed by atoms with van der Waals surface area (Å²) >= 11 is 0. The monoisotopic (exact) mass is 432 g/mol. The van der Waals surface area contributed by atoms with Crippen LogP contribution in [0, 0.1) is 35.0 Å². The lowest BCUT2D eigenvalue weighted by atomic mass is 9.40. The van der Waals surface area contributed by atoms with Crippen molar-refractivity contribution in [2.75, 3.05) is 13.7 Å². The van der Waals surface area contributed by atoms with Crippen LogP contribution in [-0.2, 0) is 28.6 Å². The van der Waals surface area contributed by atoms with Gasteiger partial charge in [0.15, 0.2) is 0 Å². The van der Waals surface area contributed by atoms with Crippen molar-refractivity contribution in [3.8, 4) is 0 Å². The Balaban J connectivity index is 1.71. The number of aryl methyl sites for hydroxylation is 1. The maximum atomic E-state index is 13.9. The molecule has 30 heavy (non-hydrogen) atoms. The zero-order valence-electron chi connectivity index (χ0n) is 18.0. The van der Waals surface area contributed by atoms with E-state index in [1.807, 2.05) is 13.8 Å². The molecule has 1 saturated heterocycles. The number of hydrogen-bond acceptors (Lipinski definition) is 6. The number of carbonyl (C=O) groups is 1. The first-order valence-electron chi connectivity index (χ1n) is 10.5. The maximum absolute atomic E-state index is 13.9.